The van der Waals surface area contributed by atoms with E-state index in [0.29, 0.717) is 0 Å². The second-order valence-corrected chi connectivity index (χ2v) is 8.78. The Bertz CT molecular complexity index is 857. The quantitative estimate of drug-likeness (QED) is 0.655. The lowest BCUT2D eigenvalue weighted by Gasteiger charge is -2.35. The molecule has 1 saturated heterocycles. The first kappa shape index (κ1) is 18.2. The topological polar surface area (TPSA) is 31.9 Å². The Labute approximate surface area is 162 Å². The molecule has 4 rings (SSSR count). The molecule has 0 unspecified atom stereocenters. The van der Waals surface area contributed by atoms with Crippen LogP contribution in [0, 0.1) is 5.92 Å². The van der Waals surface area contributed by atoms with E-state index in [0.717, 1.165) is 11.4 Å². The van der Waals surface area contributed by atoms with Gasteiger partial charge in [0.2, 0.25) is 0 Å². The number of nitrogens with one attached hydrogen (secondary N) is 1. The Morgan fingerprint density at radius 1 is 1.07 bits per heavy atom. The lowest BCUT2D eigenvalue weighted by molar-refractivity contribution is 0.172. The lowest BCUT2D eigenvalue weighted by Crippen LogP contribution is -2.37. The van der Waals surface area contributed by atoms with E-state index in [9.17, 15) is 0 Å². The Morgan fingerprint density at radius 3 is 2.63 bits per heavy atom. The molecular weight excluding hydrogens is 330 g/mol. The fraction of sp³-hybridized carbons (Fsp3) is 0.458. The van der Waals surface area contributed by atoms with Crippen LogP contribution in [0.15, 0.2) is 54.7 Å². The van der Waals surface area contributed by atoms with Gasteiger partial charge in [-0.2, -0.15) is 5.10 Å². The van der Waals surface area contributed by atoms with Crippen LogP contribution in [-0.2, 0) is 11.8 Å². The zero-order valence-corrected chi connectivity index (χ0v) is 16.6. The van der Waals surface area contributed by atoms with Gasteiger partial charge in [-0.05, 0) is 79.9 Å². The van der Waals surface area contributed by atoms with Crippen molar-refractivity contribution in [2.45, 2.75) is 44.9 Å². The van der Waals surface area contributed by atoms with Crippen molar-refractivity contribution in [3.05, 3.63) is 65.9 Å². The number of H-pyrrole nitrogens is 1. The summed E-state index contributed by atoms with van der Waals surface area (Å²) >= 11 is 0. The van der Waals surface area contributed by atoms with Crippen LogP contribution in [-0.4, -0.2) is 34.7 Å². The third-order valence-corrected chi connectivity index (χ3v) is 6.35. The molecular formula is C24H31N3. The van der Waals surface area contributed by atoms with Gasteiger partial charge in [-0.3, -0.25) is 5.10 Å². The molecule has 0 bridgehead atoms. The summed E-state index contributed by atoms with van der Waals surface area (Å²) in [5, 5.41) is 8.40. The van der Waals surface area contributed by atoms with Crippen molar-refractivity contribution in [2.75, 3.05) is 19.6 Å². The summed E-state index contributed by atoms with van der Waals surface area (Å²) < 4.78 is 0. The van der Waals surface area contributed by atoms with Gasteiger partial charge in [-0.1, -0.05) is 50.2 Å². The number of fused-ring (bicyclic) bond motifs is 1. The molecule has 0 saturated carbocycles. The summed E-state index contributed by atoms with van der Waals surface area (Å²) in [5.41, 5.74) is 4.21. The van der Waals surface area contributed by atoms with Crippen molar-refractivity contribution in [1.29, 1.82) is 0 Å². The molecule has 142 valence electrons. The summed E-state index contributed by atoms with van der Waals surface area (Å²) in [4.78, 5) is 2.67. The van der Waals surface area contributed by atoms with Gasteiger partial charge in [0.05, 0.1) is 11.7 Å². The number of piperidine rings is 1. The van der Waals surface area contributed by atoms with Crippen LogP contribution in [0.4, 0.5) is 0 Å². The van der Waals surface area contributed by atoms with E-state index >= 15 is 0 Å². The van der Waals surface area contributed by atoms with Crippen molar-refractivity contribution in [3.63, 3.8) is 0 Å². The fourth-order valence-corrected chi connectivity index (χ4v) is 4.31. The zero-order valence-electron chi connectivity index (χ0n) is 16.6. The monoisotopic (exact) mass is 361 g/mol. The minimum atomic E-state index is 0.187. The minimum Gasteiger partial charge on any atom is -0.303 e. The van der Waals surface area contributed by atoms with Crippen molar-refractivity contribution < 1.29 is 0 Å². The molecule has 0 atom stereocenters. The van der Waals surface area contributed by atoms with Gasteiger partial charge in [-0.15, -0.1) is 0 Å². The highest BCUT2D eigenvalue weighted by Gasteiger charge is 2.24. The normalized spacial score (nSPS) is 16.8. The van der Waals surface area contributed by atoms with Crippen LogP contribution >= 0.6 is 0 Å². The fourth-order valence-electron chi connectivity index (χ4n) is 4.31. The van der Waals surface area contributed by atoms with E-state index < -0.39 is 0 Å². The van der Waals surface area contributed by atoms with Gasteiger partial charge in [-0.25, -0.2) is 0 Å². The Balaban J connectivity index is 1.28. The summed E-state index contributed by atoms with van der Waals surface area (Å²) in [7, 11) is 0. The molecule has 1 aliphatic heterocycles. The Morgan fingerprint density at radius 2 is 1.85 bits per heavy atom. The summed E-state index contributed by atoms with van der Waals surface area (Å²) in [6.45, 7) is 8.42. The van der Waals surface area contributed by atoms with Gasteiger partial charge >= 0.3 is 0 Å². The zero-order chi connectivity index (χ0) is 18.7. The van der Waals surface area contributed by atoms with Crippen LogP contribution in [0.5, 0.6) is 0 Å². The average molecular weight is 362 g/mol. The number of aromatic nitrogens is 2. The summed E-state index contributed by atoms with van der Waals surface area (Å²) in [6, 6.07) is 17.7. The van der Waals surface area contributed by atoms with E-state index in [2.05, 4.69) is 77.5 Å². The van der Waals surface area contributed by atoms with Gasteiger partial charge < -0.3 is 4.90 Å². The smallest absolute Gasteiger partial charge is 0.0650 e. The molecule has 0 amide bonds. The van der Waals surface area contributed by atoms with Crippen LogP contribution in [0.2, 0.25) is 0 Å². The number of hydrogen-bond acceptors (Lipinski definition) is 2. The number of likely N-dealkylation sites (tertiary alicyclic amines) is 1. The van der Waals surface area contributed by atoms with Crippen LogP contribution < -0.4 is 0 Å². The summed E-state index contributed by atoms with van der Waals surface area (Å²) in [6.07, 6.45) is 7.02. The van der Waals surface area contributed by atoms with E-state index in [4.69, 9.17) is 0 Å². The van der Waals surface area contributed by atoms with Gasteiger partial charge in [0.1, 0.15) is 0 Å². The number of hydrogen-bond donors (Lipinski definition) is 1. The second-order valence-electron chi connectivity index (χ2n) is 8.78. The SMILES string of the molecule is CC(C)(CCN1CCC(Cc2ccccc2)CC1)c1ccc2[nH]ncc2c1. The number of nitrogens with zero attached hydrogens (tertiary/aromatic N) is 2. The molecule has 1 aliphatic rings. The van der Waals surface area contributed by atoms with Crippen LogP contribution in [0.3, 0.4) is 0 Å². The van der Waals surface area contributed by atoms with E-state index in [1.165, 1.54) is 61.8 Å². The highest BCUT2D eigenvalue weighted by molar-refractivity contribution is 5.78. The van der Waals surface area contributed by atoms with Gasteiger partial charge in [0, 0.05) is 5.39 Å². The van der Waals surface area contributed by atoms with E-state index in [-0.39, 0.29) is 5.41 Å². The molecule has 3 nitrogen and oxygen atoms in total. The highest BCUT2D eigenvalue weighted by Crippen LogP contribution is 2.30. The lowest BCUT2D eigenvalue weighted by atomic mass is 9.80. The average Bonchev–Trinajstić information content (AvgIpc) is 3.16. The molecule has 1 N–H and O–H groups in total. The van der Waals surface area contributed by atoms with Crippen LogP contribution in [0.1, 0.15) is 44.2 Å². The van der Waals surface area contributed by atoms with Crippen molar-refractivity contribution in [1.82, 2.24) is 15.1 Å². The minimum absolute atomic E-state index is 0.187. The maximum Gasteiger partial charge on any atom is 0.0650 e. The molecule has 2 aromatic carbocycles. The standard InChI is InChI=1S/C24H31N3/c1-24(2,22-8-9-23-21(17-22)18-25-26-23)12-15-27-13-10-20(11-14-27)16-19-6-4-3-5-7-19/h3-9,17-18,20H,10-16H2,1-2H3,(H,25,26). The molecule has 2 heterocycles. The van der Waals surface area contributed by atoms with Crippen molar-refractivity contribution in [3.8, 4) is 0 Å². The van der Waals surface area contributed by atoms with Crippen molar-refractivity contribution >= 4 is 10.9 Å². The van der Waals surface area contributed by atoms with E-state index in [1.807, 2.05) is 6.20 Å². The highest BCUT2D eigenvalue weighted by atomic mass is 15.1. The first-order chi connectivity index (χ1) is 13.1. The number of aromatic amines is 1. The van der Waals surface area contributed by atoms with Gasteiger partial charge in [0.25, 0.3) is 0 Å². The predicted octanol–water partition coefficient (Wildman–Crippen LogP) is 5.19. The number of rotatable bonds is 6. The largest absolute Gasteiger partial charge is 0.303 e. The molecule has 0 spiro atoms. The molecule has 3 heteroatoms. The third-order valence-electron chi connectivity index (χ3n) is 6.35. The maximum absolute atomic E-state index is 4.15. The Hall–Kier alpha value is -2.13. The third kappa shape index (κ3) is 4.41. The van der Waals surface area contributed by atoms with Crippen LogP contribution in [0.25, 0.3) is 10.9 Å². The Kier molecular flexibility index (Phi) is 5.31. The molecule has 3 aromatic rings. The van der Waals surface area contributed by atoms with Gasteiger partial charge in [0.15, 0.2) is 0 Å². The molecule has 27 heavy (non-hydrogen) atoms. The van der Waals surface area contributed by atoms with Crippen molar-refractivity contribution in [2.24, 2.45) is 5.92 Å². The second kappa shape index (κ2) is 7.85. The molecule has 1 fully saturated rings. The summed E-state index contributed by atoms with van der Waals surface area (Å²) in [5.74, 6) is 0.847. The molecule has 0 radical (unpaired) electrons. The first-order valence-corrected chi connectivity index (χ1v) is 10.3. The number of benzene rings is 2. The predicted molar refractivity (Wildman–Crippen MR) is 113 cm³/mol. The first-order valence-electron chi connectivity index (χ1n) is 10.3. The maximum atomic E-state index is 4.15. The molecule has 0 aliphatic carbocycles. The van der Waals surface area contributed by atoms with E-state index in [1.54, 1.807) is 0 Å². The molecule has 1 aromatic heterocycles.